The molecule has 24 heavy (non-hydrogen) atoms. The first-order valence-electron chi connectivity index (χ1n) is 8.34. The molecule has 1 aliphatic heterocycles. The van der Waals surface area contributed by atoms with Crippen LogP contribution in [-0.2, 0) is 22.6 Å². The summed E-state index contributed by atoms with van der Waals surface area (Å²) < 4.78 is 7.62. The maximum Gasteiger partial charge on any atom is 0.250 e. The Balaban J connectivity index is 1.49. The fourth-order valence-corrected chi connectivity index (χ4v) is 2.94. The summed E-state index contributed by atoms with van der Waals surface area (Å²) in [5, 5.41) is 3.03. The zero-order valence-electron chi connectivity index (χ0n) is 14.0. The third kappa shape index (κ3) is 4.66. The normalized spacial score (nSPS) is 19.8. The summed E-state index contributed by atoms with van der Waals surface area (Å²) in [5.74, 6) is -0.0413. The lowest BCUT2D eigenvalue weighted by Crippen LogP contribution is -2.51. The SMILES string of the molecule is C[C@@H](Cn1ccnc1)NC(=O)[C@@H]1CN(Cc2ccccc2)CCO1. The first kappa shape index (κ1) is 16.7. The maximum absolute atomic E-state index is 12.4. The smallest absolute Gasteiger partial charge is 0.250 e. The molecule has 3 rings (SSSR count). The fraction of sp³-hybridized carbons (Fsp3) is 0.444. The van der Waals surface area contributed by atoms with Crippen LogP contribution >= 0.6 is 0 Å². The summed E-state index contributed by atoms with van der Waals surface area (Å²) in [6.07, 6.45) is 4.97. The standard InChI is InChI=1S/C18H24N4O2/c1-15(11-22-8-7-19-14-22)20-18(23)17-13-21(9-10-24-17)12-16-5-3-2-4-6-16/h2-8,14-15,17H,9-13H2,1H3,(H,20,23)/t15-,17-/m0/s1. The van der Waals surface area contributed by atoms with Crippen LogP contribution in [0.25, 0.3) is 0 Å². The molecule has 128 valence electrons. The molecule has 0 bridgehead atoms. The summed E-state index contributed by atoms with van der Waals surface area (Å²) in [6.45, 7) is 5.59. The molecule has 0 unspecified atom stereocenters. The molecular formula is C18H24N4O2. The van der Waals surface area contributed by atoms with Gasteiger partial charge in [-0.3, -0.25) is 9.69 Å². The van der Waals surface area contributed by atoms with Crippen molar-refractivity contribution in [3.05, 3.63) is 54.6 Å². The number of amides is 1. The van der Waals surface area contributed by atoms with E-state index in [9.17, 15) is 4.79 Å². The van der Waals surface area contributed by atoms with Crippen molar-refractivity contribution in [2.45, 2.75) is 32.2 Å². The van der Waals surface area contributed by atoms with Gasteiger partial charge in [-0.2, -0.15) is 0 Å². The zero-order chi connectivity index (χ0) is 16.8. The van der Waals surface area contributed by atoms with Crippen LogP contribution in [0.4, 0.5) is 0 Å². The van der Waals surface area contributed by atoms with Crippen molar-refractivity contribution in [1.82, 2.24) is 19.8 Å². The molecule has 0 spiro atoms. The lowest BCUT2D eigenvalue weighted by molar-refractivity contribution is -0.139. The second-order valence-corrected chi connectivity index (χ2v) is 6.25. The molecule has 1 amide bonds. The first-order chi connectivity index (χ1) is 11.7. The highest BCUT2D eigenvalue weighted by Crippen LogP contribution is 2.11. The minimum Gasteiger partial charge on any atom is -0.366 e. The van der Waals surface area contributed by atoms with Crippen LogP contribution in [-0.4, -0.2) is 52.2 Å². The summed E-state index contributed by atoms with van der Waals surface area (Å²) >= 11 is 0. The molecular weight excluding hydrogens is 304 g/mol. The predicted octanol–water partition coefficient (Wildman–Crippen LogP) is 1.29. The van der Waals surface area contributed by atoms with Crippen molar-refractivity contribution in [3.8, 4) is 0 Å². The molecule has 1 saturated heterocycles. The van der Waals surface area contributed by atoms with Gasteiger partial charge in [0.2, 0.25) is 0 Å². The van der Waals surface area contributed by atoms with Crippen molar-refractivity contribution >= 4 is 5.91 Å². The van der Waals surface area contributed by atoms with Gasteiger partial charge in [-0.1, -0.05) is 30.3 Å². The van der Waals surface area contributed by atoms with Crippen molar-refractivity contribution in [3.63, 3.8) is 0 Å². The highest BCUT2D eigenvalue weighted by molar-refractivity contribution is 5.81. The quantitative estimate of drug-likeness (QED) is 0.868. The Morgan fingerprint density at radius 1 is 1.42 bits per heavy atom. The minimum absolute atomic E-state index is 0.0276. The Morgan fingerprint density at radius 2 is 2.25 bits per heavy atom. The second kappa shape index (κ2) is 8.08. The summed E-state index contributed by atoms with van der Waals surface area (Å²) in [4.78, 5) is 18.7. The van der Waals surface area contributed by atoms with E-state index in [2.05, 4.69) is 27.3 Å². The van der Waals surface area contributed by atoms with E-state index in [1.807, 2.05) is 35.9 Å². The predicted molar refractivity (Wildman–Crippen MR) is 91.3 cm³/mol. The van der Waals surface area contributed by atoms with Crippen molar-refractivity contribution < 1.29 is 9.53 Å². The van der Waals surface area contributed by atoms with E-state index < -0.39 is 6.10 Å². The lowest BCUT2D eigenvalue weighted by atomic mass is 10.2. The second-order valence-electron chi connectivity index (χ2n) is 6.25. The average molecular weight is 328 g/mol. The number of imidazole rings is 1. The molecule has 6 heteroatoms. The lowest BCUT2D eigenvalue weighted by Gasteiger charge is -2.32. The average Bonchev–Trinajstić information content (AvgIpc) is 3.09. The maximum atomic E-state index is 12.4. The molecule has 1 aliphatic rings. The Kier molecular flexibility index (Phi) is 5.61. The number of hydrogen-bond donors (Lipinski definition) is 1. The Morgan fingerprint density at radius 3 is 3.00 bits per heavy atom. The van der Waals surface area contributed by atoms with Crippen LogP contribution in [0, 0.1) is 0 Å². The largest absolute Gasteiger partial charge is 0.366 e. The third-order valence-corrected chi connectivity index (χ3v) is 4.12. The summed E-state index contributed by atoms with van der Waals surface area (Å²) in [5.41, 5.74) is 1.26. The third-order valence-electron chi connectivity index (χ3n) is 4.12. The van der Waals surface area contributed by atoms with Gasteiger partial charge in [-0.25, -0.2) is 4.98 Å². The van der Waals surface area contributed by atoms with Crippen LogP contribution in [0.15, 0.2) is 49.1 Å². The van der Waals surface area contributed by atoms with Gasteiger partial charge in [0, 0.05) is 44.6 Å². The summed E-state index contributed by atoms with van der Waals surface area (Å²) in [7, 11) is 0. The molecule has 0 aliphatic carbocycles. The van der Waals surface area contributed by atoms with Crippen LogP contribution in [0.2, 0.25) is 0 Å². The highest BCUT2D eigenvalue weighted by atomic mass is 16.5. The van der Waals surface area contributed by atoms with Crippen LogP contribution < -0.4 is 5.32 Å². The van der Waals surface area contributed by atoms with E-state index in [0.717, 1.165) is 13.1 Å². The molecule has 0 saturated carbocycles. The van der Waals surface area contributed by atoms with Gasteiger partial charge in [0.05, 0.1) is 12.9 Å². The molecule has 2 heterocycles. The number of rotatable bonds is 6. The van der Waals surface area contributed by atoms with E-state index in [1.165, 1.54) is 5.56 Å². The molecule has 0 radical (unpaired) electrons. The molecule has 1 fully saturated rings. The van der Waals surface area contributed by atoms with E-state index >= 15 is 0 Å². The Bertz CT molecular complexity index is 630. The number of benzene rings is 1. The number of nitrogens with zero attached hydrogens (tertiary/aromatic N) is 3. The fourth-order valence-electron chi connectivity index (χ4n) is 2.94. The van der Waals surface area contributed by atoms with E-state index in [0.29, 0.717) is 19.7 Å². The highest BCUT2D eigenvalue weighted by Gasteiger charge is 2.27. The number of morpholine rings is 1. The number of hydrogen-bond acceptors (Lipinski definition) is 4. The van der Waals surface area contributed by atoms with Crippen molar-refractivity contribution in [1.29, 1.82) is 0 Å². The Hall–Kier alpha value is -2.18. The van der Waals surface area contributed by atoms with Gasteiger partial charge in [0.1, 0.15) is 6.10 Å². The van der Waals surface area contributed by atoms with Crippen LogP contribution in [0.1, 0.15) is 12.5 Å². The topological polar surface area (TPSA) is 59.4 Å². The van der Waals surface area contributed by atoms with Crippen molar-refractivity contribution in [2.24, 2.45) is 0 Å². The number of ether oxygens (including phenoxy) is 1. The monoisotopic (exact) mass is 328 g/mol. The van der Waals surface area contributed by atoms with Gasteiger partial charge >= 0.3 is 0 Å². The summed E-state index contributed by atoms with van der Waals surface area (Å²) in [6, 6.07) is 10.3. The molecule has 1 aromatic heterocycles. The molecule has 2 aromatic rings. The van der Waals surface area contributed by atoms with Gasteiger partial charge in [0.25, 0.3) is 5.91 Å². The van der Waals surface area contributed by atoms with E-state index in [-0.39, 0.29) is 11.9 Å². The number of nitrogens with one attached hydrogen (secondary N) is 1. The van der Waals surface area contributed by atoms with E-state index in [4.69, 9.17) is 4.74 Å². The number of carbonyl (C=O) groups is 1. The molecule has 6 nitrogen and oxygen atoms in total. The zero-order valence-corrected chi connectivity index (χ0v) is 14.0. The number of aromatic nitrogens is 2. The number of carbonyl (C=O) groups excluding carboxylic acids is 1. The van der Waals surface area contributed by atoms with Gasteiger partial charge in [-0.05, 0) is 12.5 Å². The Labute approximate surface area is 142 Å². The van der Waals surface area contributed by atoms with Crippen molar-refractivity contribution in [2.75, 3.05) is 19.7 Å². The van der Waals surface area contributed by atoms with Gasteiger partial charge in [-0.15, -0.1) is 0 Å². The van der Waals surface area contributed by atoms with Gasteiger partial charge in [0.15, 0.2) is 0 Å². The minimum atomic E-state index is -0.410. The van der Waals surface area contributed by atoms with Gasteiger partial charge < -0.3 is 14.6 Å². The molecule has 1 N–H and O–H groups in total. The van der Waals surface area contributed by atoms with Crippen LogP contribution in [0.3, 0.4) is 0 Å². The van der Waals surface area contributed by atoms with Crippen LogP contribution in [0.5, 0.6) is 0 Å². The van der Waals surface area contributed by atoms with E-state index in [1.54, 1.807) is 12.5 Å². The molecule has 2 atom stereocenters. The molecule has 1 aromatic carbocycles. The first-order valence-corrected chi connectivity index (χ1v) is 8.34.